The van der Waals surface area contributed by atoms with Crippen LogP contribution in [0.3, 0.4) is 0 Å². The van der Waals surface area contributed by atoms with E-state index in [1.807, 2.05) is 28.8 Å². The summed E-state index contributed by atoms with van der Waals surface area (Å²) in [7, 11) is 0. The molecule has 1 aliphatic heterocycles. The van der Waals surface area contributed by atoms with Crippen LogP contribution >= 0.6 is 0 Å². The number of amides is 1. The number of carbonyl (C=O) groups excluding carboxylic acids is 1. The van der Waals surface area contributed by atoms with E-state index in [2.05, 4.69) is 15.2 Å². The number of hydrogen-bond acceptors (Lipinski definition) is 4. The zero-order valence-corrected chi connectivity index (χ0v) is 12.7. The Morgan fingerprint density at radius 3 is 2.95 bits per heavy atom. The molecule has 7 heteroatoms. The summed E-state index contributed by atoms with van der Waals surface area (Å²) in [5, 5.41) is 8.73. The highest BCUT2D eigenvalue weighted by molar-refractivity contribution is 5.76. The van der Waals surface area contributed by atoms with Gasteiger partial charge >= 0.3 is 0 Å². The van der Waals surface area contributed by atoms with Gasteiger partial charge in [0.1, 0.15) is 5.82 Å². The number of aromatic nitrogens is 5. The average molecular weight is 300 g/mol. The largest absolute Gasteiger partial charge is 0.331 e. The van der Waals surface area contributed by atoms with Crippen molar-refractivity contribution in [2.75, 3.05) is 6.54 Å². The van der Waals surface area contributed by atoms with Crippen molar-refractivity contribution >= 4 is 5.91 Å². The highest BCUT2D eigenvalue weighted by Gasteiger charge is 2.34. The van der Waals surface area contributed by atoms with Crippen LogP contribution in [0.1, 0.15) is 49.8 Å². The van der Waals surface area contributed by atoms with Gasteiger partial charge in [0, 0.05) is 37.8 Å². The van der Waals surface area contributed by atoms with Gasteiger partial charge in [0.2, 0.25) is 5.91 Å². The standard InChI is InChI=1S/C15H20N6O/c1-11-15-17-14(12-3-4-12)18-21(15)10-9-20(11)13(22)5-8-19-7-2-6-16-19/h2,6-7,11-12H,3-5,8-10H2,1H3/t11-/m1/s1. The summed E-state index contributed by atoms with van der Waals surface area (Å²) in [6.45, 7) is 4.11. The quantitative estimate of drug-likeness (QED) is 0.854. The molecule has 3 heterocycles. The fourth-order valence-corrected chi connectivity index (χ4v) is 3.02. The highest BCUT2D eigenvalue weighted by atomic mass is 16.2. The molecule has 2 aromatic rings. The number of nitrogens with zero attached hydrogens (tertiary/aromatic N) is 6. The molecular formula is C15H20N6O. The van der Waals surface area contributed by atoms with Crippen molar-refractivity contribution in [3.63, 3.8) is 0 Å². The Balaban J connectivity index is 1.45. The van der Waals surface area contributed by atoms with Crippen LogP contribution in [0.5, 0.6) is 0 Å². The molecule has 1 atom stereocenters. The first-order valence-electron chi connectivity index (χ1n) is 7.94. The lowest BCUT2D eigenvalue weighted by molar-refractivity contribution is -0.134. The summed E-state index contributed by atoms with van der Waals surface area (Å²) in [6.07, 6.45) is 6.48. The van der Waals surface area contributed by atoms with E-state index in [1.54, 1.807) is 10.9 Å². The van der Waals surface area contributed by atoms with Crippen LogP contribution in [0.15, 0.2) is 18.5 Å². The zero-order chi connectivity index (χ0) is 15.1. The van der Waals surface area contributed by atoms with Gasteiger partial charge in [-0.25, -0.2) is 9.67 Å². The molecule has 0 N–H and O–H groups in total. The summed E-state index contributed by atoms with van der Waals surface area (Å²) in [5.41, 5.74) is 0. The van der Waals surface area contributed by atoms with E-state index in [0.29, 0.717) is 25.4 Å². The molecular weight excluding hydrogens is 280 g/mol. The van der Waals surface area contributed by atoms with Crippen LogP contribution in [0.25, 0.3) is 0 Å². The predicted octanol–water partition coefficient (Wildman–Crippen LogP) is 1.35. The van der Waals surface area contributed by atoms with Gasteiger partial charge < -0.3 is 4.90 Å². The molecule has 2 aliphatic rings. The maximum atomic E-state index is 12.5. The first-order valence-corrected chi connectivity index (χ1v) is 7.94. The summed E-state index contributed by atoms with van der Waals surface area (Å²) in [5.74, 6) is 2.60. The molecule has 0 saturated heterocycles. The number of rotatable bonds is 4. The Morgan fingerprint density at radius 1 is 1.36 bits per heavy atom. The average Bonchev–Trinajstić information content (AvgIpc) is 3.07. The molecule has 4 rings (SSSR count). The van der Waals surface area contributed by atoms with Gasteiger partial charge in [0.15, 0.2) is 5.82 Å². The Labute approximate surface area is 128 Å². The minimum Gasteiger partial charge on any atom is -0.331 e. The third-order valence-corrected chi connectivity index (χ3v) is 4.49. The summed E-state index contributed by atoms with van der Waals surface area (Å²) < 4.78 is 3.77. The summed E-state index contributed by atoms with van der Waals surface area (Å²) >= 11 is 0. The summed E-state index contributed by atoms with van der Waals surface area (Å²) in [4.78, 5) is 19.1. The van der Waals surface area contributed by atoms with Crippen LogP contribution in [0.2, 0.25) is 0 Å². The fourth-order valence-electron chi connectivity index (χ4n) is 3.02. The molecule has 116 valence electrons. The van der Waals surface area contributed by atoms with E-state index in [0.717, 1.165) is 18.2 Å². The van der Waals surface area contributed by atoms with Gasteiger partial charge in [0.25, 0.3) is 0 Å². The SMILES string of the molecule is C[C@@H]1c2nc(C3CC3)nn2CCN1C(=O)CCn1cccn1. The number of hydrogen-bond donors (Lipinski definition) is 0. The molecule has 1 fully saturated rings. The Kier molecular flexibility index (Phi) is 3.20. The second-order valence-corrected chi connectivity index (χ2v) is 6.11. The van der Waals surface area contributed by atoms with Crippen molar-refractivity contribution in [1.82, 2.24) is 29.4 Å². The van der Waals surface area contributed by atoms with Crippen molar-refractivity contribution in [1.29, 1.82) is 0 Å². The number of carbonyl (C=O) groups is 1. The molecule has 22 heavy (non-hydrogen) atoms. The predicted molar refractivity (Wildman–Crippen MR) is 79.0 cm³/mol. The number of aryl methyl sites for hydroxylation is 1. The van der Waals surface area contributed by atoms with Gasteiger partial charge in [-0.1, -0.05) is 0 Å². The molecule has 0 unspecified atom stereocenters. The van der Waals surface area contributed by atoms with Gasteiger partial charge in [-0.3, -0.25) is 9.48 Å². The fraction of sp³-hybridized carbons (Fsp3) is 0.600. The third-order valence-electron chi connectivity index (χ3n) is 4.49. The van der Waals surface area contributed by atoms with Crippen molar-refractivity contribution in [3.8, 4) is 0 Å². The van der Waals surface area contributed by atoms with Crippen LogP contribution < -0.4 is 0 Å². The lowest BCUT2D eigenvalue weighted by Crippen LogP contribution is -2.41. The minimum atomic E-state index is -0.00104. The maximum absolute atomic E-state index is 12.5. The van der Waals surface area contributed by atoms with Gasteiger partial charge in [0.05, 0.1) is 12.6 Å². The molecule has 1 aliphatic carbocycles. The molecule has 0 bridgehead atoms. The second kappa shape index (κ2) is 5.23. The Morgan fingerprint density at radius 2 is 2.23 bits per heavy atom. The van der Waals surface area contributed by atoms with E-state index in [1.165, 1.54) is 12.8 Å². The highest BCUT2D eigenvalue weighted by Crippen LogP contribution is 2.39. The van der Waals surface area contributed by atoms with Crippen LogP contribution in [-0.4, -0.2) is 41.9 Å². The zero-order valence-electron chi connectivity index (χ0n) is 12.7. The van der Waals surface area contributed by atoms with E-state index in [4.69, 9.17) is 0 Å². The van der Waals surface area contributed by atoms with Gasteiger partial charge in [-0.2, -0.15) is 10.2 Å². The van der Waals surface area contributed by atoms with E-state index >= 15 is 0 Å². The molecule has 0 aromatic carbocycles. The van der Waals surface area contributed by atoms with Crippen LogP contribution in [0, 0.1) is 0 Å². The van der Waals surface area contributed by atoms with Crippen LogP contribution in [0.4, 0.5) is 0 Å². The monoisotopic (exact) mass is 300 g/mol. The second-order valence-electron chi connectivity index (χ2n) is 6.11. The topological polar surface area (TPSA) is 68.8 Å². The minimum absolute atomic E-state index is 0.00104. The first-order chi connectivity index (χ1) is 10.7. The lowest BCUT2D eigenvalue weighted by Gasteiger charge is -2.33. The van der Waals surface area contributed by atoms with Gasteiger partial charge in [-0.15, -0.1) is 0 Å². The van der Waals surface area contributed by atoms with Crippen molar-refractivity contribution in [3.05, 3.63) is 30.1 Å². The van der Waals surface area contributed by atoms with Crippen molar-refractivity contribution in [2.45, 2.75) is 51.2 Å². The molecule has 0 radical (unpaired) electrons. The molecule has 7 nitrogen and oxygen atoms in total. The molecule has 2 aromatic heterocycles. The third kappa shape index (κ3) is 2.40. The smallest absolute Gasteiger partial charge is 0.225 e. The Hall–Kier alpha value is -2.18. The van der Waals surface area contributed by atoms with Crippen LogP contribution in [-0.2, 0) is 17.9 Å². The maximum Gasteiger partial charge on any atom is 0.225 e. The van der Waals surface area contributed by atoms with Crippen molar-refractivity contribution in [2.24, 2.45) is 0 Å². The van der Waals surface area contributed by atoms with E-state index in [9.17, 15) is 4.79 Å². The van der Waals surface area contributed by atoms with E-state index in [-0.39, 0.29) is 11.9 Å². The van der Waals surface area contributed by atoms with Crippen molar-refractivity contribution < 1.29 is 4.79 Å². The van der Waals surface area contributed by atoms with E-state index < -0.39 is 0 Å². The summed E-state index contributed by atoms with van der Waals surface area (Å²) in [6, 6.07) is 1.87. The lowest BCUT2D eigenvalue weighted by atomic mass is 10.2. The molecule has 0 spiro atoms. The molecule has 1 saturated carbocycles. The van der Waals surface area contributed by atoms with Gasteiger partial charge in [-0.05, 0) is 25.8 Å². The normalized spacial score (nSPS) is 21.0. The first kappa shape index (κ1) is 13.5. The molecule has 1 amide bonds. The number of fused-ring (bicyclic) bond motifs is 1. The Bertz CT molecular complexity index is 672.